The average molecular weight is 291 g/mol. The molecule has 0 unspecified atom stereocenters. The second-order valence-corrected chi connectivity index (χ2v) is 4.07. The Labute approximate surface area is 157 Å². The summed E-state index contributed by atoms with van der Waals surface area (Å²) in [4.78, 5) is 17.9. The normalized spacial score (nSPS) is 10.0. The van der Waals surface area contributed by atoms with Crippen LogP contribution in [0.2, 0.25) is 0 Å². The van der Waals surface area contributed by atoms with E-state index in [9.17, 15) is 9.90 Å². The molecule has 2 heterocycles. The number of pyridine rings is 1. The molecule has 0 spiro atoms. The monoisotopic (exact) mass is 291 g/mol. The van der Waals surface area contributed by atoms with Crippen molar-refractivity contribution in [3.05, 3.63) is 54.5 Å². The summed E-state index contributed by atoms with van der Waals surface area (Å²) in [5.41, 5.74) is 2.06. The number of nitrogens with zero attached hydrogens (tertiary/aromatic N) is 1. The van der Waals surface area contributed by atoms with E-state index < -0.39 is 5.97 Å². The van der Waals surface area contributed by atoms with Crippen molar-refractivity contribution in [1.82, 2.24) is 9.97 Å². The SMILES string of the molecule is O=C([O-])c1[nH]c2ccccc2c1Nc1ccncc1.[K+]. The van der Waals surface area contributed by atoms with Gasteiger partial charge in [-0.05, 0) is 18.2 Å². The molecule has 0 bridgehead atoms. The van der Waals surface area contributed by atoms with E-state index in [1.807, 2.05) is 24.3 Å². The van der Waals surface area contributed by atoms with Crippen molar-refractivity contribution in [2.45, 2.75) is 0 Å². The largest absolute Gasteiger partial charge is 1.00 e. The van der Waals surface area contributed by atoms with Crippen molar-refractivity contribution in [1.29, 1.82) is 0 Å². The summed E-state index contributed by atoms with van der Waals surface area (Å²) in [6.45, 7) is 0. The van der Waals surface area contributed by atoms with Crippen LogP contribution in [-0.4, -0.2) is 15.9 Å². The van der Waals surface area contributed by atoms with Crippen molar-refractivity contribution in [2.24, 2.45) is 0 Å². The molecule has 5 nitrogen and oxygen atoms in total. The zero-order valence-electron chi connectivity index (χ0n) is 10.9. The molecule has 0 amide bonds. The maximum atomic E-state index is 11.2. The Kier molecular flexibility index (Phi) is 4.95. The van der Waals surface area contributed by atoms with Gasteiger partial charge in [0.05, 0.1) is 17.4 Å². The molecule has 0 aliphatic heterocycles. The molecule has 3 rings (SSSR count). The molecule has 2 N–H and O–H groups in total. The Morgan fingerprint density at radius 3 is 2.55 bits per heavy atom. The number of carboxylic acids is 1. The number of para-hydroxylation sites is 1. The number of rotatable bonds is 3. The number of benzene rings is 1. The van der Waals surface area contributed by atoms with Gasteiger partial charge in [0.15, 0.2) is 0 Å². The second-order valence-electron chi connectivity index (χ2n) is 4.07. The predicted octanol–water partition coefficient (Wildman–Crippen LogP) is -1.33. The minimum Gasteiger partial charge on any atom is -0.543 e. The van der Waals surface area contributed by atoms with Crippen molar-refractivity contribution in [3.63, 3.8) is 0 Å². The molecule has 0 atom stereocenters. The van der Waals surface area contributed by atoms with Crippen LogP contribution in [0.3, 0.4) is 0 Å². The van der Waals surface area contributed by atoms with E-state index >= 15 is 0 Å². The molecule has 0 saturated carbocycles. The molecule has 1 aromatic carbocycles. The Bertz CT molecular complexity index is 741. The van der Waals surface area contributed by atoms with Crippen molar-refractivity contribution >= 4 is 28.2 Å². The molecule has 2 aromatic heterocycles. The molecular formula is C14H10KN3O2. The Hall–Kier alpha value is -1.18. The predicted molar refractivity (Wildman–Crippen MR) is 70.1 cm³/mol. The van der Waals surface area contributed by atoms with E-state index in [1.54, 1.807) is 24.5 Å². The number of hydrogen-bond donors (Lipinski definition) is 2. The second kappa shape index (κ2) is 6.51. The number of aromatic amines is 1. The van der Waals surface area contributed by atoms with Gasteiger partial charge in [-0.25, -0.2) is 0 Å². The van der Waals surface area contributed by atoms with Crippen LogP contribution in [0.1, 0.15) is 10.5 Å². The summed E-state index contributed by atoms with van der Waals surface area (Å²) in [6.07, 6.45) is 3.27. The minimum absolute atomic E-state index is 0. The summed E-state index contributed by atoms with van der Waals surface area (Å²) in [7, 11) is 0. The van der Waals surface area contributed by atoms with Gasteiger partial charge in [-0.2, -0.15) is 0 Å². The Morgan fingerprint density at radius 2 is 1.85 bits per heavy atom. The van der Waals surface area contributed by atoms with Gasteiger partial charge in [0.2, 0.25) is 0 Å². The van der Waals surface area contributed by atoms with Crippen LogP contribution in [0.15, 0.2) is 48.8 Å². The first kappa shape index (κ1) is 15.2. The molecule has 0 fully saturated rings. The number of carbonyl (C=O) groups excluding carboxylic acids is 1. The fraction of sp³-hybridized carbons (Fsp3) is 0. The number of fused-ring (bicyclic) bond motifs is 1. The first-order valence-corrected chi connectivity index (χ1v) is 5.75. The molecule has 0 aliphatic rings. The van der Waals surface area contributed by atoms with E-state index in [4.69, 9.17) is 0 Å². The quantitative estimate of drug-likeness (QED) is 0.586. The molecular weight excluding hydrogens is 281 g/mol. The molecule has 20 heavy (non-hydrogen) atoms. The first-order valence-electron chi connectivity index (χ1n) is 5.75. The standard InChI is InChI=1S/C14H11N3O2.K/c18-14(19)13-12(16-9-5-7-15-8-6-9)10-3-1-2-4-11(10)17-13;/h1-8,17H,(H,15,16)(H,18,19);/q;+1/p-1. The summed E-state index contributed by atoms with van der Waals surface area (Å²) >= 11 is 0. The van der Waals surface area contributed by atoms with Crippen LogP contribution in [0, 0.1) is 0 Å². The van der Waals surface area contributed by atoms with Crippen LogP contribution in [-0.2, 0) is 0 Å². The van der Waals surface area contributed by atoms with E-state index in [0.29, 0.717) is 5.69 Å². The van der Waals surface area contributed by atoms with Gasteiger partial charge in [-0.1, -0.05) is 18.2 Å². The topological polar surface area (TPSA) is 80.8 Å². The van der Waals surface area contributed by atoms with Gasteiger partial charge >= 0.3 is 51.4 Å². The van der Waals surface area contributed by atoms with Crippen molar-refractivity contribution in [2.75, 3.05) is 5.32 Å². The van der Waals surface area contributed by atoms with Crippen LogP contribution < -0.4 is 61.8 Å². The Morgan fingerprint density at radius 1 is 1.15 bits per heavy atom. The number of hydrogen-bond acceptors (Lipinski definition) is 4. The fourth-order valence-corrected chi connectivity index (χ4v) is 2.00. The molecule has 0 radical (unpaired) electrons. The molecule has 6 heteroatoms. The Balaban J connectivity index is 0.00000147. The maximum absolute atomic E-state index is 11.2. The number of nitrogens with one attached hydrogen (secondary N) is 2. The maximum Gasteiger partial charge on any atom is 1.00 e. The van der Waals surface area contributed by atoms with Crippen molar-refractivity contribution in [3.8, 4) is 0 Å². The minimum atomic E-state index is -1.24. The third kappa shape index (κ3) is 2.94. The number of aromatic carboxylic acids is 1. The van der Waals surface area contributed by atoms with Gasteiger partial charge in [0.25, 0.3) is 0 Å². The molecule has 94 valence electrons. The van der Waals surface area contributed by atoms with E-state index in [0.717, 1.165) is 16.6 Å². The first-order chi connectivity index (χ1) is 9.25. The zero-order valence-corrected chi connectivity index (χ0v) is 14.0. The summed E-state index contributed by atoms with van der Waals surface area (Å²) in [5, 5.41) is 15.1. The molecule has 0 aliphatic carbocycles. The summed E-state index contributed by atoms with van der Waals surface area (Å²) in [6, 6.07) is 10.9. The van der Waals surface area contributed by atoms with E-state index in [-0.39, 0.29) is 57.1 Å². The number of carbonyl (C=O) groups is 1. The third-order valence-electron chi connectivity index (χ3n) is 2.86. The number of anilines is 2. The summed E-state index contributed by atoms with van der Waals surface area (Å²) < 4.78 is 0. The zero-order chi connectivity index (χ0) is 13.2. The van der Waals surface area contributed by atoms with Gasteiger partial charge in [-0.3, -0.25) is 4.98 Å². The van der Waals surface area contributed by atoms with E-state index in [2.05, 4.69) is 15.3 Å². The van der Waals surface area contributed by atoms with E-state index in [1.165, 1.54) is 0 Å². The summed E-state index contributed by atoms with van der Waals surface area (Å²) in [5.74, 6) is -1.24. The number of aromatic nitrogens is 2. The van der Waals surface area contributed by atoms with Gasteiger partial charge in [0, 0.05) is 29.0 Å². The van der Waals surface area contributed by atoms with Crippen LogP contribution in [0.4, 0.5) is 11.4 Å². The third-order valence-corrected chi connectivity index (χ3v) is 2.86. The van der Waals surface area contributed by atoms with Crippen molar-refractivity contribution < 1.29 is 61.3 Å². The number of carboxylic acid groups (broad SMARTS) is 1. The smallest absolute Gasteiger partial charge is 0.543 e. The molecule has 3 aromatic rings. The fourth-order valence-electron chi connectivity index (χ4n) is 2.00. The van der Waals surface area contributed by atoms with Crippen LogP contribution >= 0.6 is 0 Å². The van der Waals surface area contributed by atoms with Gasteiger partial charge in [-0.15, -0.1) is 0 Å². The average Bonchev–Trinajstić information content (AvgIpc) is 2.79. The molecule has 0 saturated heterocycles. The van der Waals surface area contributed by atoms with Gasteiger partial charge < -0.3 is 20.2 Å². The van der Waals surface area contributed by atoms with Gasteiger partial charge in [0.1, 0.15) is 0 Å². The number of H-pyrrole nitrogens is 1. The van der Waals surface area contributed by atoms with Crippen LogP contribution in [0.25, 0.3) is 10.9 Å². The van der Waals surface area contributed by atoms with Crippen LogP contribution in [0.5, 0.6) is 0 Å².